The fraction of sp³-hybridized carbons (Fsp3) is 0.0714. The normalized spacial score (nSPS) is 12.4. The van der Waals surface area contributed by atoms with Crippen LogP contribution in [0.2, 0.25) is 0 Å². The number of aliphatic imine (C=N–C) groups is 2. The Labute approximate surface area is 365 Å². The fourth-order valence-corrected chi connectivity index (χ4v) is 8.25. The number of nitrogen functional groups attached to an aromatic ring is 1. The van der Waals surface area contributed by atoms with Gasteiger partial charge in [-0.05, 0) is 82.8 Å². The average Bonchev–Trinajstić information content (AvgIpc) is 3.79. The zero-order valence-corrected chi connectivity index (χ0v) is 35.1. The van der Waals surface area contributed by atoms with Crippen molar-refractivity contribution in [3.63, 3.8) is 0 Å². The Kier molecular flexibility index (Phi) is 13.2. The summed E-state index contributed by atoms with van der Waals surface area (Å²) in [6.45, 7) is 7.16. The second-order valence-corrected chi connectivity index (χ2v) is 15.1. The molecule has 0 aliphatic heterocycles. The molecule has 0 atom stereocenters. The number of fused-ring (bicyclic) bond motifs is 10. The van der Waals surface area contributed by atoms with Crippen molar-refractivity contribution < 1.29 is 0 Å². The van der Waals surface area contributed by atoms with Gasteiger partial charge in [-0.25, -0.2) is 4.99 Å². The standard InChI is InChI=1S/C41H31N5.2C7H8.CH3N/c42-38(43)28-19-21-36-32(23-28)33-24-29(39(44)46-40(27-13-5-2-6-14-27)45-25-26-11-3-1-4-12-26)20-22-37(33)41(36)34-17-9-7-15-30(34)31-16-8-10-18-35(31)41;2*1-7-5-3-2-4-6-7;1-2/h1-24H,25H2,(H3,42,43)(H2,44,45,46);2*2-6H,1H3;2H,1H2. The molecular weight excluding hydrogens is 757 g/mol. The molecule has 0 bridgehead atoms. The molecule has 0 saturated carbocycles. The van der Waals surface area contributed by atoms with E-state index < -0.39 is 5.41 Å². The van der Waals surface area contributed by atoms with E-state index in [1.54, 1.807) is 0 Å². The number of nitrogens with one attached hydrogen (secondary N) is 2. The van der Waals surface area contributed by atoms with Crippen LogP contribution in [-0.4, -0.2) is 24.2 Å². The Morgan fingerprint density at radius 1 is 0.468 bits per heavy atom. The summed E-state index contributed by atoms with van der Waals surface area (Å²) in [5, 5.41) is 13.7. The van der Waals surface area contributed by atoms with Crippen LogP contribution in [0.4, 0.5) is 0 Å². The van der Waals surface area contributed by atoms with Crippen molar-refractivity contribution in [1.82, 2.24) is 0 Å². The Morgan fingerprint density at radius 2 is 0.871 bits per heavy atom. The molecule has 2 aliphatic carbocycles. The molecule has 0 amide bonds. The Hall–Kier alpha value is -7.96. The summed E-state index contributed by atoms with van der Waals surface area (Å²) in [7, 11) is 0. The summed E-state index contributed by atoms with van der Waals surface area (Å²) in [4.78, 5) is 9.80. The van der Waals surface area contributed by atoms with Crippen molar-refractivity contribution >= 4 is 24.2 Å². The highest BCUT2D eigenvalue weighted by Crippen LogP contribution is 2.62. The van der Waals surface area contributed by atoms with Crippen LogP contribution in [-0.2, 0) is 12.0 Å². The van der Waals surface area contributed by atoms with Crippen LogP contribution >= 0.6 is 0 Å². The van der Waals surface area contributed by atoms with E-state index in [1.165, 1.54) is 44.5 Å². The third-order valence-corrected chi connectivity index (χ3v) is 11.1. The highest BCUT2D eigenvalue weighted by molar-refractivity contribution is 6.12. The van der Waals surface area contributed by atoms with Crippen molar-refractivity contribution in [3.8, 4) is 22.3 Å². The topological polar surface area (TPSA) is 124 Å². The zero-order chi connectivity index (χ0) is 43.5. The molecule has 0 saturated heterocycles. The number of hydrogen-bond acceptors (Lipinski definition) is 3. The molecule has 6 nitrogen and oxygen atoms in total. The van der Waals surface area contributed by atoms with Gasteiger partial charge < -0.3 is 16.9 Å². The molecule has 0 heterocycles. The lowest BCUT2D eigenvalue weighted by Gasteiger charge is -2.30. The molecule has 1 spiro atoms. The van der Waals surface area contributed by atoms with E-state index in [-0.39, 0.29) is 5.84 Å². The second kappa shape index (κ2) is 19.4. The molecular formula is C56H50N6. The molecule has 8 aromatic rings. The largest absolute Gasteiger partial charge is 0.384 e. The third-order valence-electron chi connectivity index (χ3n) is 11.1. The van der Waals surface area contributed by atoms with E-state index >= 15 is 0 Å². The maximum absolute atomic E-state index is 8.21. The van der Waals surface area contributed by atoms with Gasteiger partial charge in [0.05, 0.1) is 12.0 Å². The minimum atomic E-state index is -0.496. The zero-order valence-electron chi connectivity index (χ0n) is 35.1. The third kappa shape index (κ3) is 8.67. The van der Waals surface area contributed by atoms with Crippen molar-refractivity contribution in [2.45, 2.75) is 25.8 Å². The number of nitrogens with two attached hydrogens (primary N) is 2. The lowest BCUT2D eigenvalue weighted by Crippen LogP contribution is -2.26. The smallest absolute Gasteiger partial charge is 0.157 e. The molecule has 6 heteroatoms. The van der Waals surface area contributed by atoms with Crippen LogP contribution in [0.5, 0.6) is 0 Å². The molecule has 10 rings (SSSR count). The van der Waals surface area contributed by atoms with E-state index in [2.05, 4.69) is 130 Å². The van der Waals surface area contributed by atoms with Gasteiger partial charge in [0.2, 0.25) is 0 Å². The molecule has 0 unspecified atom stereocenters. The van der Waals surface area contributed by atoms with Gasteiger partial charge in [-0.1, -0.05) is 205 Å². The summed E-state index contributed by atoms with van der Waals surface area (Å²) in [6.07, 6.45) is 0. The number of aryl methyl sites for hydroxylation is 2. The van der Waals surface area contributed by atoms with Crippen LogP contribution in [0.1, 0.15) is 55.6 Å². The van der Waals surface area contributed by atoms with Gasteiger partial charge in [-0.2, -0.15) is 0 Å². The highest BCUT2D eigenvalue weighted by atomic mass is 15.0. The van der Waals surface area contributed by atoms with Crippen LogP contribution in [0.3, 0.4) is 0 Å². The second-order valence-electron chi connectivity index (χ2n) is 15.1. The predicted octanol–water partition coefficient (Wildman–Crippen LogP) is 11.9. The lowest BCUT2D eigenvalue weighted by atomic mass is 9.70. The molecule has 6 N–H and O–H groups in total. The van der Waals surface area contributed by atoms with Crippen LogP contribution < -0.4 is 11.5 Å². The molecule has 304 valence electrons. The minimum absolute atomic E-state index is 0.0388. The van der Waals surface area contributed by atoms with E-state index in [4.69, 9.17) is 32.3 Å². The molecule has 2 aliphatic rings. The Morgan fingerprint density at radius 3 is 1.34 bits per heavy atom. The number of nitrogens with zero attached hydrogens (tertiary/aromatic N) is 2. The first kappa shape index (κ1) is 42.2. The first-order valence-electron chi connectivity index (χ1n) is 20.5. The molecule has 8 aromatic carbocycles. The molecule has 0 fully saturated rings. The van der Waals surface area contributed by atoms with Crippen molar-refractivity contribution in [1.29, 1.82) is 10.8 Å². The maximum atomic E-state index is 8.21. The van der Waals surface area contributed by atoms with Crippen molar-refractivity contribution in [2.75, 3.05) is 0 Å². The summed E-state index contributed by atoms with van der Waals surface area (Å²) < 4.78 is 0. The summed E-state index contributed by atoms with van der Waals surface area (Å²) in [5.41, 5.74) is 27.9. The van der Waals surface area contributed by atoms with Gasteiger partial charge in [0.15, 0.2) is 5.84 Å². The molecule has 0 aromatic heterocycles. The lowest BCUT2D eigenvalue weighted by molar-refractivity contribution is 0.793. The van der Waals surface area contributed by atoms with Gasteiger partial charge in [0, 0.05) is 16.7 Å². The Balaban J connectivity index is 0.000000305. The summed E-state index contributed by atoms with van der Waals surface area (Å²) in [6, 6.07) is 70.5. The van der Waals surface area contributed by atoms with E-state index in [0.29, 0.717) is 23.8 Å². The SMILES string of the molecule is C=N.Cc1ccccc1.Cc1ccccc1.N=C(N)c1ccc2c(c1)-c1cc(C(N)=NC(=NCc3ccccc3)c3ccccc3)ccc1C21c2ccccc2-c2ccccc21. The van der Waals surface area contributed by atoms with E-state index in [9.17, 15) is 0 Å². The summed E-state index contributed by atoms with van der Waals surface area (Å²) in [5.74, 6) is 1.00. The molecule has 0 radical (unpaired) electrons. The van der Waals surface area contributed by atoms with Crippen molar-refractivity contribution in [3.05, 3.63) is 262 Å². The van der Waals surface area contributed by atoms with Crippen LogP contribution in [0.25, 0.3) is 22.3 Å². The van der Waals surface area contributed by atoms with Crippen LogP contribution in [0, 0.1) is 24.7 Å². The number of benzene rings is 8. The minimum Gasteiger partial charge on any atom is -0.384 e. The number of amidine groups is 3. The maximum Gasteiger partial charge on any atom is 0.157 e. The van der Waals surface area contributed by atoms with Gasteiger partial charge in [0.25, 0.3) is 0 Å². The molecule has 62 heavy (non-hydrogen) atoms. The Bertz CT molecular complexity index is 2770. The monoisotopic (exact) mass is 806 g/mol. The van der Waals surface area contributed by atoms with Crippen molar-refractivity contribution in [2.24, 2.45) is 21.5 Å². The summed E-state index contributed by atoms with van der Waals surface area (Å²) >= 11 is 0. The van der Waals surface area contributed by atoms with Gasteiger partial charge in [0.1, 0.15) is 11.7 Å². The first-order valence-corrected chi connectivity index (χ1v) is 20.5. The quantitative estimate of drug-likeness (QED) is 0.102. The number of hydrogen-bond donors (Lipinski definition) is 4. The first-order chi connectivity index (χ1) is 30.3. The highest BCUT2D eigenvalue weighted by Gasteiger charge is 2.51. The fourth-order valence-electron chi connectivity index (χ4n) is 8.25. The van der Waals surface area contributed by atoms with E-state index in [0.717, 1.165) is 27.8 Å². The average molecular weight is 807 g/mol. The predicted molar refractivity (Wildman–Crippen MR) is 260 cm³/mol. The van der Waals surface area contributed by atoms with Gasteiger partial charge in [-0.3, -0.25) is 10.4 Å². The van der Waals surface area contributed by atoms with E-state index in [1.807, 2.05) is 97.1 Å². The van der Waals surface area contributed by atoms with Gasteiger partial charge in [-0.15, -0.1) is 0 Å². The van der Waals surface area contributed by atoms with Crippen LogP contribution in [0.15, 0.2) is 216 Å². The van der Waals surface area contributed by atoms with Gasteiger partial charge >= 0.3 is 0 Å². The number of rotatable bonds is 5.